The van der Waals surface area contributed by atoms with Crippen molar-refractivity contribution in [1.29, 1.82) is 0 Å². The van der Waals surface area contributed by atoms with E-state index in [-0.39, 0.29) is 11.9 Å². The molecule has 1 aromatic carbocycles. The molecule has 7 heteroatoms. The van der Waals surface area contributed by atoms with Crippen molar-refractivity contribution in [3.05, 3.63) is 53.4 Å². The summed E-state index contributed by atoms with van der Waals surface area (Å²) >= 11 is 0. The van der Waals surface area contributed by atoms with Crippen LogP contribution in [0.25, 0.3) is 5.69 Å². The summed E-state index contributed by atoms with van der Waals surface area (Å²) < 4.78 is 3.49. The second kappa shape index (κ2) is 6.27. The zero-order valence-electron chi connectivity index (χ0n) is 14.2. The van der Waals surface area contributed by atoms with Crippen molar-refractivity contribution < 1.29 is 4.79 Å². The summed E-state index contributed by atoms with van der Waals surface area (Å²) in [4.78, 5) is 21.4. The fourth-order valence-electron chi connectivity index (χ4n) is 2.63. The van der Waals surface area contributed by atoms with Crippen LogP contribution in [0.15, 0.2) is 30.3 Å². The number of carbonyl (C=O) groups excluding carboxylic acids is 1. The van der Waals surface area contributed by atoms with Crippen LogP contribution in [0.4, 0.5) is 5.95 Å². The maximum absolute atomic E-state index is 12.6. The molecule has 0 radical (unpaired) electrons. The number of aromatic nitrogens is 5. The van der Waals surface area contributed by atoms with Gasteiger partial charge in [0.1, 0.15) is 17.3 Å². The van der Waals surface area contributed by atoms with Crippen molar-refractivity contribution in [3.63, 3.8) is 0 Å². The molecule has 3 aromatic rings. The fourth-order valence-corrected chi connectivity index (χ4v) is 2.63. The highest BCUT2D eigenvalue weighted by Crippen LogP contribution is 2.15. The Kier molecular flexibility index (Phi) is 4.16. The van der Waals surface area contributed by atoms with E-state index in [0.29, 0.717) is 17.9 Å². The second-order valence-corrected chi connectivity index (χ2v) is 5.55. The molecule has 0 bridgehead atoms. The first-order valence-electron chi connectivity index (χ1n) is 7.84. The molecule has 0 saturated carbocycles. The largest absolute Gasteiger partial charge is 0.327 e. The average Bonchev–Trinajstić information content (AvgIpc) is 3.08. The lowest BCUT2D eigenvalue weighted by molar-refractivity contribution is 0.101. The van der Waals surface area contributed by atoms with Gasteiger partial charge in [-0.3, -0.25) is 10.1 Å². The number of benzene rings is 1. The summed E-state index contributed by atoms with van der Waals surface area (Å²) in [5.41, 5.74) is 2.21. The Morgan fingerprint density at radius 1 is 1.12 bits per heavy atom. The van der Waals surface area contributed by atoms with Crippen molar-refractivity contribution in [2.45, 2.75) is 27.2 Å². The van der Waals surface area contributed by atoms with Gasteiger partial charge in [0.25, 0.3) is 5.91 Å². The third-order valence-electron chi connectivity index (χ3n) is 3.94. The summed E-state index contributed by atoms with van der Waals surface area (Å²) in [6, 6.07) is 9.68. The van der Waals surface area contributed by atoms with E-state index >= 15 is 0 Å². The number of rotatable bonds is 4. The summed E-state index contributed by atoms with van der Waals surface area (Å²) in [6.45, 7) is 5.70. The molecule has 0 aliphatic heterocycles. The van der Waals surface area contributed by atoms with Crippen LogP contribution in [0.5, 0.6) is 0 Å². The summed E-state index contributed by atoms with van der Waals surface area (Å²) in [6.07, 6.45) is 0.690. The lowest BCUT2D eigenvalue weighted by Crippen LogP contribution is -2.18. The molecule has 0 aliphatic rings. The number of amides is 1. The number of aryl methyl sites for hydroxylation is 3. The Morgan fingerprint density at radius 3 is 2.50 bits per heavy atom. The molecular weight excluding hydrogens is 304 g/mol. The predicted octanol–water partition coefficient (Wildman–Crippen LogP) is 2.43. The van der Waals surface area contributed by atoms with Gasteiger partial charge in [0.15, 0.2) is 0 Å². The first kappa shape index (κ1) is 15.9. The van der Waals surface area contributed by atoms with Crippen molar-refractivity contribution >= 4 is 11.9 Å². The van der Waals surface area contributed by atoms with E-state index < -0.39 is 0 Å². The molecule has 0 fully saturated rings. The summed E-state index contributed by atoms with van der Waals surface area (Å²) in [5.74, 6) is 1.53. The molecule has 24 heavy (non-hydrogen) atoms. The maximum Gasteiger partial charge on any atom is 0.276 e. The third-order valence-corrected chi connectivity index (χ3v) is 3.94. The topological polar surface area (TPSA) is 77.6 Å². The Balaban J connectivity index is 1.89. The van der Waals surface area contributed by atoms with Gasteiger partial charge in [-0.25, -0.2) is 9.67 Å². The first-order valence-corrected chi connectivity index (χ1v) is 7.84. The van der Waals surface area contributed by atoms with Crippen LogP contribution in [0.3, 0.4) is 0 Å². The molecule has 124 valence electrons. The normalized spacial score (nSPS) is 10.8. The number of hydrogen-bond donors (Lipinski definition) is 1. The van der Waals surface area contributed by atoms with E-state index in [2.05, 4.69) is 20.4 Å². The van der Waals surface area contributed by atoms with E-state index in [1.54, 1.807) is 9.25 Å². The predicted molar refractivity (Wildman–Crippen MR) is 91.4 cm³/mol. The first-order chi connectivity index (χ1) is 11.5. The molecule has 2 heterocycles. The van der Waals surface area contributed by atoms with Gasteiger partial charge < -0.3 is 4.57 Å². The molecule has 0 aliphatic carbocycles. The van der Waals surface area contributed by atoms with Gasteiger partial charge in [-0.2, -0.15) is 4.98 Å². The van der Waals surface area contributed by atoms with Crippen LogP contribution in [0.2, 0.25) is 0 Å². The number of imidazole rings is 1. The van der Waals surface area contributed by atoms with E-state index in [0.717, 1.165) is 17.2 Å². The number of hydrogen-bond acceptors (Lipinski definition) is 4. The van der Waals surface area contributed by atoms with E-state index in [1.807, 2.05) is 58.2 Å². The van der Waals surface area contributed by atoms with Gasteiger partial charge in [0, 0.05) is 7.05 Å². The van der Waals surface area contributed by atoms with Gasteiger partial charge in [0.05, 0.1) is 11.4 Å². The van der Waals surface area contributed by atoms with E-state index in [1.165, 1.54) is 0 Å². The number of para-hydroxylation sites is 1. The molecule has 1 N–H and O–H groups in total. The van der Waals surface area contributed by atoms with E-state index in [9.17, 15) is 4.79 Å². The molecule has 1 amide bonds. The lowest BCUT2D eigenvalue weighted by atomic mass is 10.2. The highest BCUT2D eigenvalue weighted by molar-refractivity contribution is 6.03. The number of carbonyl (C=O) groups is 1. The van der Waals surface area contributed by atoms with Crippen molar-refractivity contribution in [1.82, 2.24) is 24.3 Å². The lowest BCUT2D eigenvalue weighted by Gasteiger charge is -2.05. The van der Waals surface area contributed by atoms with Gasteiger partial charge >= 0.3 is 0 Å². The average molecular weight is 324 g/mol. The minimum atomic E-state index is -0.250. The zero-order chi connectivity index (χ0) is 17.3. The third kappa shape index (κ3) is 2.80. The maximum atomic E-state index is 12.6. The van der Waals surface area contributed by atoms with Crippen LogP contribution >= 0.6 is 0 Å². The molecular formula is C17H20N6O. The van der Waals surface area contributed by atoms with Gasteiger partial charge in [-0.05, 0) is 32.4 Å². The van der Waals surface area contributed by atoms with Crippen molar-refractivity contribution in [2.24, 2.45) is 7.05 Å². The molecule has 3 rings (SSSR count). The quantitative estimate of drug-likeness (QED) is 0.799. The molecule has 0 spiro atoms. The smallest absolute Gasteiger partial charge is 0.276 e. The summed E-state index contributed by atoms with van der Waals surface area (Å²) in [5, 5.41) is 7.16. The number of nitrogens with one attached hydrogen (secondary N) is 1. The minimum Gasteiger partial charge on any atom is -0.327 e. The molecule has 7 nitrogen and oxygen atoms in total. The van der Waals surface area contributed by atoms with Crippen LogP contribution < -0.4 is 5.32 Å². The van der Waals surface area contributed by atoms with Crippen molar-refractivity contribution in [3.8, 4) is 5.69 Å². The van der Waals surface area contributed by atoms with Crippen LogP contribution in [-0.2, 0) is 13.5 Å². The molecule has 0 atom stereocenters. The van der Waals surface area contributed by atoms with Gasteiger partial charge in [0.2, 0.25) is 5.95 Å². The van der Waals surface area contributed by atoms with Crippen LogP contribution in [-0.4, -0.2) is 30.2 Å². The highest BCUT2D eigenvalue weighted by Gasteiger charge is 2.20. The summed E-state index contributed by atoms with van der Waals surface area (Å²) in [7, 11) is 1.83. The van der Waals surface area contributed by atoms with E-state index in [4.69, 9.17) is 0 Å². The molecule has 2 aromatic heterocycles. The second-order valence-electron chi connectivity index (χ2n) is 5.55. The minimum absolute atomic E-state index is 0.250. The Labute approximate surface area is 140 Å². The van der Waals surface area contributed by atoms with Gasteiger partial charge in [-0.15, -0.1) is 5.10 Å². The Hall–Kier alpha value is -2.96. The standard InChI is InChI=1S/C17H20N6O/c1-5-14-15(22(4)11(2)18-14)16(24)20-17-19-12(3)23(21-17)13-9-7-6-8-10-13/h6-10H,5H2,1-4H3,(H,20,21,24). The fraction of sp³-hybridized carbons (Fsp3) is 0.294. The SMILES string of the molecule is CCc1nc(C)n(C)c1C(=O)Nc1nc(C)n(-c2ccccc2)n1. The molecule has 0 saturated heterocycles. The monoisotopic (exact) mass is 324 g/mol. The molecule has 0 unspecified atom stereocenters. The zero-order valence-corrected chi connectivity index (χ0v) is 14.2. The number of anilines is 1. The Morgan fingerprint density at radius 2 is 1.83 bits per heavy atom. The van der Waals surface area contributed by atoms with Crippen LogP contribution in [0.1, 0.15) is 34.8 Å². The highest BCUT2D eigenvalue weighted by atomic mass is 16.2. The van der Waals surface area contributed by atoms with Crippen LogP contribution in [0, 0.1) is 13.8 Å². The Bertz CT molecular complexity index is 878. The van der Waals surface area contributed by atoms with Crippen molar-refractivity contribution in [2.75, 3.05) is 5.32 Å². The number of nitrogens with zero attached hydrogens (tertiary/aromatic N) is 5. The van der Waals surface area contributed by atoms with Gasteiger partial charge in [-0.1, -0.05) is 25.1 Å².